The molecule has 8 heteroatoms. The van der Waals surface area contributed by atoms with E-state index in [1.54, 1.807) is 7.11 Å². The highest BCUT2D eigenvalue weighted by Crippen LogP contribution is 2.41. The first kappa shape index (κ1) is 29.0. The number of ether oxygens (including phenoxy) is 4. The lowest BCUT2D eigenvalue weighted by atomic mass is 9.91. The maximum atomic E-state index is 12.8. The van der Waals surface area contributed by atoms with Gasteiger partial charge in [-0.25, -0.2) is 0 Å². The van der Waals surface area contributed by atoms with Crippen LogP contribution in [0.25, 0.3) is 0 Å². The SMILES string of the molecule is CCCc1cc(OCCCOC2=C(CC3CC3)C(OC)=C(CNC)C(=O)C2)cc2c1OC(CCC(=O)O)CC2. The Kier molecular flexibility index (Phi) is 10.3. The van der Waals surface area contributed by atoms with E-state index in [2.05, 4.69) is 24.4 Å². The Morgan fingerprint density at radius 2 is 1.95 bits per heavy atom. The number of hydrogen-bond donors (Lipinski definition) is 2. The summed E-state index contributed by atoms with van der Waals surface area (Å²) in [4.78, 5) is 23.8. The molecule has 0 aromatic heterocycles. The Morgan fingerprint density at radius 3 is 2.64 bits per heavy atom. The van der Waals surface area contributed by atoms with Gasteiger partial charge in [-0.1, -0.05) is 13.3 Å². The lowest BCUT2D eigenvalue weighted by Gasteiger charge is -2.28. The molecular weight excluding hydrogens is 498 g/mol. The van der Waals surface area contributed by atoms with Crippen molar-refractivity contribution in [2.75, 3.05) is 33.9 Å². The Morgan fingerprint density at radius 1 is 1.15 bits per heavy atom. The van der Waals surface area contributed by atoms with Gasteiger partial charge in [-0.05, 0) is 81.2 Å². The zero-order valence-corrected chi connectivity index (χ0v) is 23.6. The summed E-state index contributed by atoms with van der Waals surface area (Å²) < 4.78 is 24.3. The zero-order valence-electron chi connectivity index (χ0n) is 23.6. The molecule has 8 nitrogen and oxygen atoms in total. The molecule has 4 rings (SSSR count). The summed E-state index contributed by atoms with van der Waals surface area (Å²) >= 11 is 0. The summed E-state index contributed by atoms with van der Waals surface area (Å²) in [6.45, 7) is 3.60. The highest BCUT2D eigenvalue weighted by molar-refractivity contribution is 5.99. The van der Waals surface area contributed by atoms with Crippen molar-refractivity contribution in [2.45, 2.75) is 83.7 Å². The number of carboxylic acid groups (broad SMARTS) is 1. The van der Waals surface area contributed by atoms with Crippen molar-refractivity contribution in [3.63, 3.8) is 0 Å². The van der Waals surface area contributed by atoms with Crippen LogP contribution in [0, 0.1) is 5.92 Å². The van der Waals surface area contributed by atoms with Gasteiger partial charge in [-0.3, -0.25) is 9.59 Å². The van der Waals surface area contributed by atoms with E-state index < -0.39 is 5.97 Å². The molecule has 1 unspecified atom stereocenters. The fourth-order valence-corrected chi connectivity index (χ4v) is 5.42. The van der Waals surface area contributed by atoms with Crippen LogP contribution in [0.2, 0.25) is 0 Å². The Balaban J connectivity index is 1.35. The van der Waals surface area contributed by atoms with Gasteiger partial charge in [0.1, 0.15) is 23.0 Å². The number of carboxylic acids is 1. The second-order valence-electron chi connectivity index (χ2n) is 10.8. The first-order chi connectivity index (χ1) is 18.9. The smallest absolute Gasteiger partial charge is 0.303 e. The molecule has 39 heavy (non-hydrogen) atoms. The van der Waals surface area contributed by atoms with Gasteiger partial charge in [-0.2, -0.15) is 0 Å². The minimum Gasteiger partial charge on any atom is -0.497 e. The van der Waals surface area contributed by atoms with Gasteiger partial charge in [0.25, 0.3) is 0 Å². The minimum atomic E-state index is -0.787. The second-order valence-corrected chi connectivity index (χ2v) is 10.8. The van der Waals surface area contributed by atoms with Crippen LogP contribution in [0.15, 0.2) is 34.8 Å². The minimum absolute atomic E-state index is 0.0527. The molecule has 1 aromatic rings. The van der Waals surface area contributed by atoms with E-state index in [4.69, 9.17) is 24.1 Å². The van der Waals surface area contributed by atoms with Crippen molar-refractivity contribution in [1.82, 2.24) is 5.32 Å². The number of fused-ring (bicyclic) bond motifs is 1. The van der Waals surface area contributed by atoms with E-state index >= 15 is 0 Å². The summed E-state index contributed by atoms with van der Waals surface area (Å²) in [5.41, 5.74) is 4.00. The normalized spacial score (nSPS) is 19.1. The van der Waals surface area contributed by atoms with Gasteiger partial charge >= 0.3 is 5.97 Å². The molecule has 1 saturated carbocycles. The van der Waals surface area contributed by atoms with Crippen LogP contribution in [0.3, 0.4) is 0 Å². The summed E-state index contributed by atoms with van der Waals surface area (Å²) in [6.07, 6.45) is 8.43. The summed E-state index contributed by atoms with van der Waals surface area (Å²) in [5, 5.41) is 12.1. The topological polar surface area (TPSA) is 103 Å². The summed E-state index contributed by atoms with van der Waals surface area (Å²) in [6, 6.07) is 4.11. The quantitative estimate of drug-likeness (QED) is 0.278. The van der Waals surface area contributed by atoms with Gasteiger partial charge in [0.2, 0.25) is 0 Å². The Hall–Kier alpha value is -3.00. The number of ketones is 1. The van der Waals surface area contributed by atoms with Crippen LogP contribution in [-0.2, 0) is 31.9 Å². The van der Waals surface area contributed by atoms with Crippen molar-refractivity contribution in [2.24, 2.45) is 5.92 Å². The van der Waals surface area contributed by atoms with Gasteiger partial charge in [0.05, 0.1) is 38.4 Å². The van der Waals surface area contributed by atoms with Crippen molar-refractivity contribution >= 4 is 11.8 Å². The number of methoxy groups -OCH3 is 1. The number of carbonyl (C=O) groups excluding carboxylic acids is 1. The van der Waals surface area contributed by atoms with Crippen LogP contribution in [-0.4, -0.2) is 56.9 Å². The van der Waals surface area contributed by atoms with E-state index in [-0.39, 0.29) is 24.7 Å². The number of benzene rings is 1. The fourth-order valence-electron chi connectivity index (χ4n) is 5.42. The number of aryl methyl sites for hydroxylation is 2. The maximum Gasteiger partial charge on any atom is 0.303 e. The maximum absolute atomic E-state index is 12.8. The number of hydrogen-bond acceptors (Lipinski definition) is 7. The number of likely N-dealkylation sites (N-methyl/N-ethyl adjacent to an activating group) is 1. The molecular formula is C31H43NO7. The van der Waals surface area contributed by atoms with E-state index in [1.807, 2.05) is 7.05 Å². The van der Waals surface area contributed by atoms with Crippen molar-refractivity contribution in [1.29, 1.82) is 0 Å². The largest absolute Gasteiger partial charge is 0.497 e. The molecule has 3 aliphatic rings. The highest BCUT2D eigenvalue weighted by Gasteiger charge is 2.33. The van der Waals surface area contributed by atoms with Crippen molar-refractivity contribution < 1.29 is 33.6 Å². The molecule has 0 saturated heterocycles. The third kappa shape index (κ3) is 7.78. The lowest BCUT2D eigenvalue weighted by molar-refractivity contribution is -0.137. The fraction of sp³-hybridized carbons (Fsp3) is 0.613. The van der Waals surface area contributed by atoms with Crippen LogP contribution in [0.4, 0.5) is 0 Å². The number of allylic oxidation sites excluding steroid dienone is 2. The van der Waals surface area contributed by atoms with Crippen molar-refractivity contribution in [3.05, 3.63) is 45.9 Å². The first-order valence-corrected chi connectivity index (χ1v) is 14.4. The predicted octanol–water partition coefficient (Wildman–Crippen LogP) is 5.13. The third-order valence-electron chi connectivity index (χ3n) is 7.56. The van der Waals surface area contributed by atoms with Crippen LogP contribution in [0.5, 0.6) is 11.5 Å². The van der Waals surface area contributed by atoms with Crippen LogP contribution in [0.1, 0.15) is 75.8 Å². The van der Waals surface area contributed by atoms with Crippen LogP contribution >= 0.6 is 0 Å². The number of carbonyl (C=O) groups is 2. The Bertz CT molecular complexity index is 1100. The van der Waals surface area contributed by atoms with Crippen LogP contribution < -0.4 is 14.8 Å². The molecule has 0 bridgehead atoms. The molecule has 214 valence electrons. The van der Waals surface area contributed by atoms with Gasteiger partial charge in [0, 0.05) is 25.0 Å². The van der Waals surface area contributed by atoms with Gasteiger partial charge < -0.3 is 29.4 Å². The number of rotatable bonds is 16. The molecule has 0 radical (unpaired) electrons. The molecule has 1 aliphatic heterocycles. The van der Waals surface area contributed by atoms with E-state index in [1.165, 1.54) is 12.8 Å². The van der Waals surface area contributed by atoms with E-state index in [9.17, 15) is 9.59 Å². The molecule has 0 amide bonds. The lowest BCUT2D eigenvalue weighted by Crippen LogP contribution is -2.25. The van der Waals surface area contributed by atoms with Gasteiger partial charge in [0.15, 0.2) is 5.78 Å². The Labute approximate surface area is 231 Å². The molecule has 0 spiro atoms. The second kappa shape index (κ2) is 13.9. The van der Waals surface area contributed by atoms with Crippen molar-refractivity contribution in [3.8, 4) is 11.5 Å². The third-order valence-corrected chi connectivity index (χ3v) is 7.56. The summed E-state index contributed by atoms with van der Waals surface area (Å²) in [7, 11) is 3.47. The monoisotopic (exact) mass is 541 g/mol. The molecule has 1 atom stereocenters. The molecule has 1 heterocycles. The van der Waals surface area contributed by atoms with E-state index in [0.29, 0.717) is 49.9 Å². The molecule has 2 N–H and O–H groups in total. The average Bonchev–Trinajstić information content (AvgIpc) is 3.74. The standard InChI is InChI=1S/C31H43NO7/c1-4-6-21-16-24(17-22-9-10-23(39-30(21)22)11-12-29(34)35)37-13-5-14-38-28-18-27(33)26(19-32-2)31(36-3)25(28)15-20-7-8-20/h16-17,20,23,32H,4-15,18-19H2,1-3H3,(H,34,35). The number of nitrogens with one attached hydrogen (secondary N) is 1. The number of aliphatic carboxylic acids is 1. The molecule has 2 aliphatic carbocycles. The molecule has 1 aromatic carbocycles. The first-order valence-electron chi connectivity index (χ1n) is 14.4. The molecule has 1 fully saturated rings. The predicted molar refractivity (Wildman–Crippen MR) is 148 cm³/mol. The average molecular weight is 542 g/mol. The van der Waals surface area contributed by atoms with Gasteiger partial charge in [-0.15, -0.1) is 0 Å². The van der Waals surface area contributed by atoms with E-state index in [0.717, 1.165) is 66.1 Å². The number of Topliss-reactive ketones (excluding diaryl/α,β-unsaturated/α-hetero) is 1. The zero-order chi connectivity index (χ0) is 27.8. The highest BCUT2D eigenvalue weighted by atomic mass is 16.5. The summed E-state index contributed by atoms with van der Waals surface area (Å²) in [5.74, 6) is 3.08.